The number of hydrogen-bond donors (Lipinski definition) is 1. The van der Waals surface area contributed by atoms with Crippen molar-refractivity contribution < 1.29 is 4.79 Å². The van der Waals surface area contributed by atoms with Crippen LogP contribution in [0, 0.1) is 6.92 Å². The van der Waals surface area contributed by atoms with Crippen molar-refractivity contribution in [2.24, 2.45) is 5.73 Å². The van der Waals surface area contributed by atoms with E-state index in [9.17, 15) is 4.79 Å². The zero-order valence-corrected chi connectivity index (χ0v) is 12.2. The molecule has 1 aromatic carbocycles. The Kier molecular flexibility index (Phi) is 3.75. The minimum absolute atomic E-state index is 0.0441. The smallest absolute Gasteiger partial charge is 0.257 e. The van der Waals surface area contributed by atoms with Gasteiger partial charge in [-0.2, -0.15) is 5.10 Å². The van der Waals surface area contributed by atoms with Gasteiger partial charge in [0.2, 0.25) is 0 Å². The SMILES string of the molecule is Cc1c(C(=O)N2CCCC2CN)cnn1-c1ccccc1. The molecule has 0 aliphatic carbocycles. The molecule has 1 fully saturated rings. The molecule has 1 aromatic heterocycles. The molecule has 2 N–H and O–H groups in total. The average Bonchev–Trinajstić information content (AvgIpc) is 3.13. The lowest BCUT2D eigenvalue weighted by molar-refractivity contribution is 0.0740. The average molecular weight is 284 g/mol. The molecule has 21 heavy (non-hydrogen) atoms. The quantitative estimate of drug-likeness (QED) is 0.934. The number of amides is 1. The molecule has 1 amide bonds. The van der Waals surface area contributed by atoms with Crippen LogP contribution in [0.15, 0.2) is 36.5 Å². The predicted molar refractivity (Wildman–Crippen MR) is 81.4 cm³/mol. The molecular weight excluding hydrogens is 264 g/mol. The summed E-state index contributed by atoms with van der Waals surface area (Å²) in [5, 5.41) is 4.37. The van der Waals surface area contributed by atoms with Crippen molar-refractivity contribution in [1.29, 1.82) is 0 Å². The van der Waals surface area contributed by atoms with Crippen molar-refractivity contribution in [1.82, 2.24) is 14.7 Å². The van der Waals surface area contributed by atoms with E-state index in [4.69, 9.17) is 5.73 Å². The fourth-order valence-corrected chi connectivity index (χ4v) is 2.95. The van der Waals surface area contributed by atoms with Gasteiger partial charge in [0.25, 0.3) is 5.91 Å². The van der Waals surface area contributed by atoms with Gasteiger partial charge in [0.15, 0.2) is 0 Å². The van der Waals surface area contributed by atoms with Gasteiger partial charge < -0.3 is 10.6 Å². The third-order valence-electron chi connectivity index (χ3n) is 4.15. The molecule has 3 rings (SSSR count). The Morgan fingerprint density at radius 1 is 1.38 bits per heavy atom. The monoisotopic (exact) mass is 284 g/mol. The Morgan fingerprint density at radius 2 is 2.14 bits per heavy atom. The summed E-state index contributed by atoms with van der Waals surface area (Å²) < 4.78 is 1.81. The third kappa shape index (κ3) is 2.45. The van der Waals surface area contributed by atoms with Crippen molar-refractivity contribution in [2.75, 3.05) is 13.1 Å². The second-order valence-electron chi connectivity index (χ2n) is 5.42. The Labute approximate surface area is 124 Å². The van der Waals surface area contributed by atoms with Gasteiger partial charge >= 0.3 is 0 Å². The first-order valence-electron chi connectivity index (χ1n) is 7.33. The number of rotatable bonds is 3. The third-order valence-corrected chi connectivity index (χ3v) is 4.15. The van der Waals surface area contributed by atoms with Gasteiger partial charge in [0.1, 0.15) is 0 Å². The Bertz CT molecular complexity index is 635. The van der Waals surface area contributed by atoms with Crippen LogP contribution >= 0.6 is 0 Å². The van der Waals surface area contributed by atoms with E-state index in [-0.39, 0.29) is 11.9 Å². The maximum Gasteiger partial charge on any atom is 0.257 e. The van der Waals surface area contributed by atoms with Gasteiger partial charge in [-0.25, -0.2) is 4.68 Å². The topological polar surface area (TPSA) is 64.2 Å². The van der Waals surface area contributed by atoms with Gasteiger partial charge in [-0.15, -0.1) is 0 Å². The zero-order valence-electron chi connectivity index (χ0n) is 12.2. The van der Waals surface area contributed by atoms with Crippen LogP contribution in [0.4, 0.5) is 0 Å². The van der Waals surface area contributed by atoms with E-state index < -0.39 is 0 Å². The van der Waals surface area contributed by atoms with E-state index in [1.165, 1.54) is 0 Å². The van der Waals surface area contributed by atoms with Crippen molar-refractivity contribution in [3.8, 4) is 5.69 Å². The van der Waals surface area contributed by atoms with Crippen LogP contribution < -0.4 is 5.73 Å². The van der Waals surface area contributed by atoms with E-state index in [0.29, 0.717) is 12.1 Å². The number of nitrogens with zero attached hydrogens (tertiary/aromatic N) is 3. The van der Waals surface area contributed by atoms with E-state index in [2.05, 4.69) is 5.10 Å². The maximum atomic E-state index is 12.7. The molecule has 0 bridgehead atoms. The van der Waals surface area contributed by atoms with Crippen LogP contribution in [0.25, 0.3) is 5.69 Å². The predicted octanol–water partition coefficient (Wildman–Crippen LogP) is 1.74. The van der Waals surface area contributed by atoms with Crippen molar-refractivity contribution >= 4 is 5.91 Å². The van der Waals surface area contributed by atoms with E-state index in [1.807, 2.05) is 42.2 Å². The second-order valence-corrected chi connectivity index (χ2v) is 5.42. The van der Waals surface area contributed by atoms with Gasteiger partial charge in [-0.3, -0.25) is 4.79 Å². The molecule has 1 aliphatic rings. The lowest BCUT2D eigenvalue weighted by Crippen LogP contribution is -2.40. The summed E-state index contributed by atoms with van der Waals surface area (Å²) in [5.41, 5.74) is 8.26. The summed E-state index contributed by atoms with van der Waals surface area (Å²) in [6.07, 6.45) is 3.68. The van der Waals surface area contributed by atoms with Gasteiger partial charge in [0, 0.05) is 19.1 Å². The molecule has 1 atom stereocenters. The van der Waals surface area contributed by atoms with Crippen LogP contribution in [0.5, 0.6) is 0 Å². The number of benzene rings is 1. The summed E-state index contributed by atoms with van der Waals surface area (Å²) in [4.78, 5) is 14.6. The van der Waals surface area contributed by atoms with Crippen molar-refractivity contribution in [2.45, 2.75) is 25.8 Å². The van der Waals surface area contributed by atoms with E-state index in [0.717, 1.165) is 30.8 Å². The first-order chi connectivity index (χ1) is 10.2. The fraction of sp³-hybridized carbons (Fsp3) is 0.375. The Morgan fingerprint density at radius 3 is 2.86 bits per heavy atom. The first-order valence-corrected chi connectivity index (χ1v) is 7.33. The minimum Gasteiger partial charge on any atom is -0.334 e. The van der Waals surface area contributed by atoms with E-state index >= 15 is 0 Å². The molecule has 0 radical (unpaired) electrons. The molecule has 0 spiro atoms. The molecule has 0 saturated carbocycles. The van der Waals surface area contributed by atoms with E-state index in [1.54, 1.807) is 10.9 Å². The highest BCUT2D eigenvalue weighted by Gasteiger charge is 2.30. The van der Waals surface area contributed by atoms with Crippen LogP contribution in [0.3, 0.4) is 0 Å². The van der Waals surface area contributed by atoms with Crippen LogP contribution in [0.1, 0.15) is 28.9 Å². The molecule has 2 aromatic rings. The molecule has 5 heteroatoms. The summed E-state index contributed by atoms with van der Waals surface area (Å²) in [6.45, 7) is 3.25. The molecule has 1 aliphatic heterocycles. The largest absolute Gasteiger partial charge is 0.334 e. The van der Waals surface area contributed by atoms with Gasteiger partial charge in [-0.1, -0.05) is 18.2 Å². The molecule has 1 unspecified atom stereocenters. The molecular formula is C16H20N4O. The van der Waals surface area contributed by atoms with Gasteiger partial charge in [0.05, 0.1) is 23.1 Å². The highest BCUT2D eigenvalue weighted by atomic mass is 16.2. The first kappa shape index (κ1) is 13.8. The number of carbonyl (C=O) groups excluding carboxylic acids is 1. The standard InChI is InChI=1S/C16H20N4O/c1-12-15(16(21)19-9-5-8-14(19)10-17)11-18-20(12)13-6-3-2-4-7-13/h2-4,6-7,11,14H,5,8-10,17H2,1H3. The normalized spacial score (nSPS) is 18.2. The van der Waals surface area contributed by atoms with Crippen LogP contribution in [-0.4, -0.2) is 39.7 Å². The molecule has 1 saturated heterocycles. The number of aromatic nitrogens is 2. The van der Waals surface area contributed by atoms with Gasteiger partial charge in [-0.05, 0) is 31.9 Å². The maximum absolute atomic E-state index is 12.7. The number of nitrogens with two attached hydrogens (primary N) is 1. The Balaban J connectivity index is 1.90. The molecule has 5 nitrogen and oxygen atoms in total. The second kappa shape index (κ2) is 5.69. The van der Waals surface area contributed by atoms with Crippen molar-refractivity contribution in [3.05, 3.63) is 47.8 Å². The summed E-state index contributed by atoms with van der Waals surface area (Å²) in [7, 11) is 0. The Hall–Kier alpha value is -2.14. The molecule has 110 valence electrons. The highest BCUT2D eigenvalue weighted by Crippen LogP contribution is 2.22. The van der Waals surface area contributed by atoms with Crippen LogP contribution in [0.2, 0.25) is 0 Å². The molecule has 2 heterocycles. The fourth-order valence-electron chi connectivity index (χ4n) is 2.95. The number of para-hydroxylation sites is 1. The number of likely N-dealkylation sites (tertiary alicyclic amines) is 1. The lowest BCUT2D eigenvalue weighted by atomic mass is 10.2. The number of hydrogen-bond acceptors (Lipinski definition) is 3. The summed E-state index contributed by atoms with van der Waals surface area (Å²) >= 11 is 0. The zero-order chi connectivity index (χ0) is 14.8. The summed E-state index contributed by atoms with van der Waals surface area (Å²) in [6, 6.07) is 10.0. The highest BCUT2D eigenvalue weighted by molar-refractivity contribution is 5.95. The van der Waals surface area contributed by atoms with Crippen LogP contribution in [-0.2, 0) is 0 Å². The summed E-state index contributed by atoms with van der Waals surface area (Å²) in [5.74, 6) is 0.0441. The minimum atomic E-state index is 0.0441. The van der Waals surface area contributed by atoms with Crippen molar-refractivity contribution in [3.63, 3.8) is 0 Å². The number of carbonyl (C=O) groups is 1. The lowest BCUT2D eigenvalue weighted by Gasteiger charge is -2.23.